The van der Waals surface area contributed by atoms with E-state index in [1.165, 1.54) is 33.9 Å². The zero-order chi connectivity index (χ0) is 26.7. The van der Waals surface area contributed by atoms with Gasteiger partial charge in [-0.25, -0.2) is 8.42 Å². The maximum Gasteiger partial charge on any atom is 0.265 e. The fraction of sp³-hybridized carbons (Fsp3) is 0.103. The van der Waals surface area contributed by atoms with Gasteiger partial charge in [0, 0.05) is 12.2 Å². The molecule has 0 fully saturated rings. The molecule has 2 N–H and O–H groups in total. The van der Waals surface area contributed by atoms with E-state index in [0.29, 0.717) is 22.7 Å². The number of anilines is 2. The van der Waals surface area contributed by atoms with Crippen molar-refractivity contribution in [3.05, 3.63) is 113 Å². The number of thiophene rings is 1. The van der Waals surface area contributed by atoms with E-state index in [2.05, 4.69) is 17.2 Å². The van der Waals surface area contributed by atoms with Gasteiger partial charge in [-0.05, 0) is 71.0 Å². The van der Waals surface area contributed by atoms with Gasteiger partial charge in [0.05, 0.1) is 21.5 Å². The zero-order valence-electron chi connectivity index (χ0n) is 20.3. The minimum absolute atomic E-state index is 0.112. The Kier molecular flexibility index (Phi) is 7.13. The summed E-state index contributed by atoms with van der Waals surface area (Å²) in [5.41, 5.74) is 3.75. The lowest BCUT2D eigenvalue weighted by Crippen LogP contribution is -2.40. The van der Waals surface area contributed by atoms with Crippen molar-refractivity contribution in [2.24, 2.45) is 0 Å². The Hall–Kier alpha value is -4.21. The Morgan fingerprint density at radius 1 is 0.947 bits per heavy atom. The molecule has 3 aromatic carbocycles. The SMILES string of the molecule is C=CC(=O)NC1CCN(S(=O)(=O)c2ccc(NC(=O)c3cc(-c4ccccc4)cs3)cc2)c2ccccc21. The number of hydrogen-bond acceptors (Lipinski definition) is 5. The van der Waals surface area contributed by atoms with Crippen molar-refractivity contribution in [2.45, 2.75) is 17.4 Å². The molecule has 7 nitrogen and oxygen atoms in total. The van der Waals surface area contributed by atoms with E-state index >= 15 is 0 Å². The summed E-state index contributed by atoms with van der Waals surface area (Å²) in [6.07, 6.45) is 1.63. The lowest BCUT2D eigenvalue weighted by atomic mass is 9.98. The lowest BCUT2D eigenvalue weighted by Gasteiger charge is -2.35. The first-order chi connectivity index (χ1) is 18.4. The molecule has 1 unspecified atom stereocenters. The van der Waals surface area contributed by atoms with Crippen molar-refractivity contribution < 1.29 is 18.0 Å². The average molecular weight is 544 g/mol. The van der Waals surface area contributed by atoms with Crippen LogP contribution < -0.4 is 14.9 Å². The lowest BCUT2D eigenvalue weighted by molar-refractivity contribution is -0.117. The van der Waals surface area contributed by atoms with Crippen LogP contribution in [-0.2, 0) is 14.8 Å². The molecule has 4 aromatic rings. The highest BCUT2D eigenvalue weighted by molar-refractivity contribution is 7.92. The van der Waals surface area contributed by atoms with Gasteiger partial charge in [-0.1, -0.05) is 55.1 Å². The number of carbonyl (C=O) groups is 2. The normalized spacial score (nSPS) is 14.8. The maximum atomic E-state index is 13.6. The molecule has 2 heterocycles. The third-order valence-corrected chi connectivity index (χ3v) is 9.09. The summed E-state index contributed by atoms with van der Waals surface area (Å²) in [5.74, 6) is -0.567. The van der Waals surface area contributed by atoms with Crippen LogP contribution in [0.5, 0.6) is 0 Å². The molecule has 38 heavy (non-hydrogen) atoms. The number of fused-ring (bicyclic) bond motifs is 1. The molecule has 0 aliphatic carbocycles. The smallest absolute Gasteiger partial charge is 0.265 e. The van der Waals surface area contributed by atoms with E-state index in [1.54, 1.807) is 24.3 Å². The molecule has 0 bridgehead atoms. The Morgan fingerprint density at radius 3 is 2.39 bits per heavy atom. The van der Waals surface area contributed by atoms with Crippen molar-refractivity contribution in [3.63, 3.8) is 0 Å². The molecule has 5 rings (SSSR count). The van der Waals surface area contributed by atoms with Crippen molar-refractivity contribution >= 4 is 44.5 Å². The quantitative estimate of drug-likeness (QED) is 0.296. The van der Waals surface area contributed by atoms with Gasteiger partial charge in [0.25, 0.3) is 15.9 Å². The molecule has 0 radical (unpaired) electrons. The van der Waals surface area contributed by atoms with Crippen LogP contribution in [-0.4, -0.2) is 26.8 Å². The Labute approximate surface area is 225 Å². The topological polar surface area (TPSA) is 95.6 Å². The number of carbonyl (C=O) groups excluding carboxylic acids is 2. The summed E-state index contributed by atoms with van der Waals surface area (Å²) in [6, 6.07) is 24.6. The molecule has 1 aliphatic heterocycles. The van der Waals surface area contributed by atoms with Crippen molar-refractivity contribution in [3.8, 4) is 11.1 Å². The van der Waals surface area contributed by atoms with E-state index in [4.69, 9.17) is 0 Å². The van der Waals surface area contributed by atoms with Crippen molar-refractivity contribution in [1.82, 2.24) is 5.32 Å². The van der Waals surface area contributed by atoms with Crippen LogP contribution in [0.1, 0.15) is 27.7 Å². The third-order valence-electron chi connectivity index (χ3n) is 6.33. The highest BCUT2D eigenvalue weighted by atomic mass is 32.2. The second-order valence-electron chi connectivity index (χ2n) is 8.73. The monoisotopic (exact) mass is 543 g/mol. The highest BCUT2D eigenvalue weighted by Gasteiger charge is 2.33. The third kappa shape index (κ3) is 5.11. The number of rotatable bonds is 7. The summed E-state index contributed by atoms with van der Waals surface area (Å²) in [4.78, 5) is 25.3. The summed E-state index contributed by atoms with van der Waals surface area (Å²) in [6.45, 7) is 3.70. The molecule has 1 atom stereocenters. The second kappa shape index (κ2) is 10.6. The predicted molar refractivity (Wildman–Crippen MR) is 151 cm³/mol. The average Bonchev–Trinajstić information content (AvgIpc) is 3.44. The molecule has 192 valence electrons. The fourth-order valence-corrected chi connectivity index (χ4v) is 6.75. The van der Waals surface area contributed by atoms with E-state index in [-0.39, 0.29) is 29.3 Å². The molecule has 1 aliphatic rings. The van der Waals surface area contributed by atoms with E-state index in [9.17, 15) is 18.0 Å². The van der Waals surface area contributed by atoms with Gasteiger partial charge in [0.15, 0.2) is 0 Å². The Morgan fingerprint density at radius 2 is 1.66 bits per heavy atom. The molecule has 0 saturated heterocycles. The number of nitrogens with one attached hydrogen (secondary N) is 2. The van der Waals surface area contributed by atoms with Crippen molar-refractivity contribution in [2.75, 3.05) is 16.2 Å². The summed E-state index contributed by atoms with van der Waals surface area (Å²) >= 11 is 1.35. The van der Waals surface area contributed by atoms with Crippen LogP contribution in [0.4, 0.5) is 11.4 Å². The van der Waals surface area contributed by atoms with Crippen LogP contribution in [0, 0.1) is 0 Å². The molecular formula is C29H25N3O4S2. The van der Waals surface area contributed by atoms with Crippen molar-refractivity contribution in [1.29, 1.82) is 0 Å². The number of benzene rings is 3. The molecule has 1 aromatic heterocycles. The van der Waals surface area contributed by atoms with Crippen LogP contribution in [0.25, 0.3) is 11.1 Å². The van der Waals surface area contributed by atoms with Gasteiger partial charge >= 0.3 is 0 Å². The first-order valence-electron chi connectivity index (χ1n) is 12.0. The van der Waals surface area contributed by atoms with Gasteiger partial charge in [-0.2, -0.15) is 0 Å². The first-order valence-corrected chi connectivity index (χ1v) is 14.3. The number of amides is 2. The van der Waals surface area contributed by atoms with Crippen LogP contribution >= 0.6 is 11.3 Å². The molecule has 2 amide bonds. The van der Waals surface area contributed by atoms with E-state index in [1.807, 2.05) is 53.9 Å². The van der Waals surface area contributed by atoms with Gasteiger partial charge in [-0.15, -0.1) is 11.3 Å². The van der Waals surface area contributed by atoms with Crippen LogP contribution in [0.2, 0.25) is 0 Å². The standard InChI is InChI=1S/C29H25N3O4S2/c1-2-28(33)31-25-16-17-32(26-11-7-6-10-24(25)26)38(35,36)23-14-12-22(13-15-23)30-29(34)27-18-21(19-37-27)20-8-4-3-5-9-20/h2-15,18-19,25H,1,16-17H2,(H,30,34)(H,31,33). The number of hydrogen-bond donors (Lipinski definition) is 2. The number of para-hydroxylation sites is 1. The Balaban J connectivity index is 1.32. The zero-order valence-corrected chi connectivity index (χ0v) is 22.0. The second-order valence-corrected chi connectivity index (χ2v) is 11.5. The van der Waals surface area contributed by atoms with Crippen LogP contribution in [0.15, 0.2) is 108 Å². The number of nitrogens with zero attached hydrogens (tertiary/aromatic N) is 1. The van der Waals surface area contributed by atoms with Gasteiger partial charge in [0.2, 0.25) is 5.91 Å². The van der Waals surface area contributed by atoms with Crippen LogP contribution in [0.3, 0.4) is 0 Å². The maximum absolute atomic E-state index is 13.6. The number of sulfonamides is 1. The highest BCUT2D eigenvalue weighted by Crippen LogP contribution is 2.37. The summed E-state index contributed by atoms with van der Waals surface area (Å²) in [7, 11) is -3.87. The predicted octanol–water partition coefficient (Wildman–Crippen LogP) is 5.61. The molecular weight excluding hydrogens is 518 g/mol. The largest absolute Gasteiger partial charge is 0.346 e. The van der Waals surface area contributed by atoms with E-state index < -0.39 is 10.0 Å². The molecule has 9 heteroatoms. The van der Waals surface area contributed by atoms with Gasteiger partial charge in [0.1, 0.15) is 0 Å². The van der Waals surface area contributed by atoms with E-state index in [0.717, 1.165) is 16.7 Å². The molecule has 0 saturated carbocycles. The molecule has 0 spiro atoms. The minimum Gasteiger partial charge on any atom is -0.346 e. The fourth-order valence-electron chi connectivity index (χ4n) is 4.43. The Bertz CT molecular complexity index is 1600. The van der Waals surface area contributed by atoms with Gasteiger partial charge < -0.3 is 10.6 Å². The van der Waals surface area contributed by atoms with Gasteiger partial charge in [-0.3, -0.25) is 13.9 Å². The summed E-state index contributed by atoms with van der Waals surface area (Å²) in [5, 5.41) is 7.64. The minimum atomic E-state index is -3.87. The first kappa shape index (κ1) is 25.4. The summed E-state index contributed by atoms with van der Waals surface area (Å²) < 4.78 is 28.5.